The Hall–Kier alpha value is -2.01. The van der Waals surface area contributed by atoms with Crippen molar-refractivity contribution in [3.8, 4) is 11.6 Å². The fourth-order valence-corrected chi connectivity index (χ4v) is 1.34. The van der Waals surface area contributed by atoms with Crippen molar-refractivity contribution in [2.45, 2.75) is 13.5 Å². The van der Waals surface area contributed by atoms with Gasteiger partial charge in [0.05, 0.1) is 11.9 Å². The molecule has 1 heterocycles. The molecule has 0 unspecified atom stereocenters. The smallest absolute Gasteiger partial charge is 0.238 e. The Morgan fingerprint density at radius 3 is 2.88 bits per heavy atom. The second-order valence-electron chi connectivity index (χ2n) is 3.57. The van der Waals surface area contributed by atoms with E-state index in [0.717, 1.165) is 0 Å². The van der Waals surface area contributed by atoms with Crippen LogP contribution >= 0.6 is 0 Å². The van der Waals surface area contributed by atoms with Crippen molar-refractivity contribution in [1.82, 2.24) is 9.97 Å². The Morgan fingerprint density at radius 1 is 1.35 bits per heavy atom. The molecule has 17 heavy (non-hydrogen) atoms. The molecular weight excluding hydrogens is 221 g/mol. The first kappa shape index (κ1) is 11.5. The van der Waals surface area contributed by atoms with E-state index in [9.17, 15) is 4.39 Å². The van der Waals surface area contributed by atoms with E-state index in [2.05, 4.69) is 9.97 Å². The molecule has 2 N–H and O–H groups in total. The second kappa shape index (κ2) is 4.88. The van der Waals surface area contributed by atoms with Crippen molar-refractivity contribution in [2.75, 3.05) is 0 Å². The highest BCUT2D eigenvalue weighted by atomic mass is 19.1. The number of nitrogens with two attached hydrogens (primary N) is 1. The third kappa shape index (κ3) is 2.76. The molecule has 0 spiro atoms. The zero-order valence-corrected chi connectivity index (χ0v) is 9.35. The van der Waals surface area contributed by atoms with E-state index in [1.807, 2.05) is 0 Å². The van der Waals surface area contributed by atoms with Gasteiger partial charge in [0.25, 0.3) is 0 Å². The largest absolute Gasteiger partial charge is 0.437 e. The van der Waals surface area contributed by atoms with Crippen LogP contribution in [0.4, 0.5) is 4.39 Å². The van der Waals surface area contributed by atoms with Crippen LogP contribution < -0.4 is 10.5 Å². The van der Waals surface area contributed by atoms with Crippen LogP contribution in [0.3, 0.4) is 0 Å². The molecule has 5 heteroatoms. The van der Waals surface area contributed by atoms with Crippen LogP contribution in [-0.2, 0) is 6.54 Å². The summed E-state index contributed by atoms with van der Waals surface area (Å²) < 4.78 is 18.5. The quantitative estimate of drug-likeness (QED) is 0.882. The van der Waals surface area contributed by atoms with Crippen LogP contribution in [-0.4, -0.2) is 9.97 Å². The maximum absolute atomic E-state index is 13.1. The molecule has 0 aliphatic carbocycles. The first-order valence-electron chi connectivity index (χ1n) is 5.14. The van der Waals surface area contributed by atoms with Gasteiger partial charge in [-0.1, -0.05) is 0 Å². The molecule has 0 bridgehead atoms. The Morgan fingerprint density at radius 2 is 2.18 bits per heavy atom. The minimum absolute atomic E-state index is 0.265. The van der Waals surface area contributed by atoms with Crippen molar-refractivity contribution in [1.29, 1.82) is 0 Å². The number of hydrogen-bond acceptors (Lipinski definition) is 4. The first-order valence-corrected chi connectivity index (χ1v) is 5.14. The highest BCUT2D eigenvalue weighted by molar-refractivity contribution is 5.31. The highest BCUT2D eigenvalue weighted by Crippen LogP contribution is 2.21. The molecule has 0 atom stereocenters. The summed E-state index contributed by atoms with van der Waals surface area (Å²) in [5.41, 5.74) is 6.61. The lowest BCUT2D eigenvalue weighted by molar-refractivity contribution is 0.455. The summed E-state index contributed by atoms with van der Waals surface area (Å²) >= 11 is 0. The van der Waals surface area contributed by atoms with Gasteiger partial charge in [-0.15, -0.1) is 0 Å². The number of benzene rings is 1. The van der Waals surface area contributed by atoms with E-state index in [0.29, 0.717) is 29.4 Å². The number of rotatable bonds is 3. The Bertz CT molecular complexity index is 531. The predicted octanol–water partition coefficient (Wildman–Crippen LogP) is 2.18. The monoisotopic (exact) mass is 233 g/mol. The summed E-state index contributed by atoms with van der Waals surface area (Å²) in [6.07, 6.45) is 3.06. The molecule has 0 amide bonds. The van der Waals surface area contributed by atoms with Gasteiger partial charge < -0.3 is 10.5 Å². The molecule has 1 aromatic heterocycles. The molecular formula is C12H12FN3O. The number of halogens is 1. The number of nitrogens with zero attached hydrogens (tertiary/aromatic N) is 2. The molecule has 1 aromatic carbocycles. The lowest BCUT2D eigenvalue weighted by Crippen LogP contribution is -2.01. The van der Waals surface area contributed by atoms with Crippen molar-refractivity contribution < 1.29 is 9.13 Å². The van der Waals surface area contributed by atoms with Gasteiger partial charge in [0, 0.05) is 12.7 Å². The number of ether oxygens (including phenoxy) is 1. The van der Waals surface area contributed by atoms with Crippen molar-refractivity contribution in [3.63, 3.8) is 0 Å². The minimum Gasteiger partial charge on any atom is -0.437 e. The summed E-state index contributed by atoms with van der Waals surface area (Å²) in [5.74, 6) is 0.602. The van der Waals surface area contributed by atoms with Crippen molar-refractivity contribution in [2.24, 2.45) is 5.73 Å². The molecule has 0 aliphatic heterocycles. The molecule has 88 valence electrons. The van der Waals surface area contributed by atoms with Gasteiger partial charge in [0.15, 0.2) is 0 Å². The van der Waals surface area contributed by atoms with Crippen LogP contribution in [0.1, 0.15) is 11.3 Å². The molecule has 4 nitrogen and oxygen atoms in total. The molecule has 0 radical (unpaired) electrons. The maximum atomic E-state index is 13.1. The van der Waals surface area contributed by atoms with E-state index in [1.54, 1.807) is 25.3 Å². The summed E-state index contributed by atoms with van der Waals surface area (Å²) in [6.45, 7) is 1.97. The van der Waals surface area contributed by atoms with Gasteiger partial charge in [0.2, 0.25) is 5.88 Å². The van der Waals surface area contributed by atoms with Gasteiger partial charge in [0.1, 0.15) is 11.6 Å². The molecule has 0 saturated carbocycles. The van der Waals surface area contributed by atoms with E-state index >= 15 is 0 Å². The topological polar surface area (TPSA) is 61.0 Å². The summed E-state index contributed by atoms with van der Waals surface area (Å²) in [4.78, 5) is 8.09. The number of aryl methyl sites for hydroxylation is 1. The minimum atomic E-state index is -0.265. The lowest BCUT2D eigenvalue weighted by Gasteiger charge is -2.06. The van der Waals surface area contributed by atoms with Gasteiger partial charge in [-0.2, -0.15) is 0 Å². The fourth-order valence-electron chi connectivity index (χ4n) is 1.34. The summed E-state index contributed by atoms with van der Waals surface area (Å²) in [7, 11) is 0. The van der Waals surface area contributed by atoms with Gasteiger partial charge in [-0.05, 0) is 30.7 Å². The average molecular weight is 233 g/mol. The normalized spacial score (nSPS) is 10.3. The van der Waals surface area contributed by atoms with Gasteiger partial charge >= 0.3 is 0 Å². The Balaban J connectivity index is 2.22. The number of aromatic nitrogens is 2. The van der Waals surface area contributed by atoms with E-state index in [-0.39, 0.29) is 5.82 Å². The van der Waals surface area contributed by atoms with E-state index < -0.39 is 0 Å². The third-order valence-electron chi connectivity index (χ3n) is 2.22. The van der Waals surface area contributed by atoms with Gasteiger partial charge in [-0.25, -0.2) is 9.37 Å². The average Bonchev–Trinajstić information content (AvgIpc) is 2.34. The Labute approximate surface area is 98.3 Å². The number of hydrogen-bond donors (Lipinski definition) is 1. The van der Waals surface area contributed by atoms with Crippen molar-refractivity contribution in [3.05, 3.63) is 47.7 Å². The SMILES string of the molecule is Cc1cc(Oc2cncc(CN)n2)ccc1F. The zero-order valence-electron chi connectivity index (χ0n) is 9.35. The third-order valence-corrected chi connectivity index (χ3v) is 2.22. The van der Waals surface area contributed by atoms with Crippen LogP contribution in [0.5, 0.6) is 11.6 Å². The van der Waals surface area contributed by atoms with Crippen LogP contribution in [0, 0.1) is 12.7 Å². The van der Waals surface area contributed by atoms with Gasteiger partial charge in [-0.3, -0.25) is 4.98 Å². The molecule has 0 aliphatic rings. The molecule has 2 aromatic rings. The maximum Gasteiger partial charge on any atom is 0.238 e. The molecule has 0 saturated heterocycles. The zero-order chi connectivity index (χ0) is 12.3. The van der Waals surface area contributed by atoms with Crippen LogP contribution in [0.25, 0.3) is 0 Å². The molecule has 2 rings (SSSR count). The summed E-state index contributed by atoms with van der Waals surface area (Å²) in [5, 5.41) is 0. The van der Waals surface area contributed by atoms with E-state index in [4.69, 9.17) is 10.5 Å². The van der Waals surface area contributed by atoms with Crippen LogP contribution in [0.15, 0.2) is 30.6 Å². The second-order valence-corrected chi connectivity index (χ2v) is 3.57. The lowest BCUT2D eigenvalue weighted by atomic mass is 10.2. The Kier molecular flexibility index (Phi) is 3.30. The summed E-state index contributed by atoms with van der Waals surface area (Å²) in [6, 6.07) is 4.50. The fraction of sp³-hybridized carbons (Fsp3) is 0.167. The van der Waals surface area contributed by atoms with Crippen LogP contribution in [0.2, 0.25) is 0 Å². The first-order chi connectivity index (χ1) is 8.19. The highest BCUT2D eigenvalue weighted by Gasteiger charge is 2.03. The predicted molar refractivity (Wildman–Crippen MR) is 61.1 cm³/mol. The standard InChI is InChI=1S/C12H12FN3O/c1-8-4-10(2-3-11(8)13)17-12-7-15-6-9(5-14)16-12/h2-4,6-7H,5,14H2,1H3. The van der Waals surface area contributed by atoms with E-state index in [1.165, 1.54) is 12.3 Å². The van der Waals surface area contributed by atoms with Crippen molar-refractivity contribution >= 4 is 0 Å². The molecule has 0 fully saturated rings.